The Balaban J connectivity index is 2.24. The average Bonchev–Trinajstić information content (AvgIpc) is 3.03. The second-order valence-corrected chi connectivity index (χ2v) is 6.88. The SMILES string of the molecule is CCCN1C(=O)C(=O)/C(=C(/O)c2ccc([N+](=O)[O-])cc2)C1c1cccc(OC)c1OC. The highest BCUT2D eigenvalue weighted by molar-refractivity contribution is 6.46. The van der Waals surface area contributed by atoms with E-state index in [1.165, 1.54) is 43.4 Å². The molecule has 1 N–H and O–H groups in total. The van der Waals surface area contributed by atoms with E-state index in [2.05, 4.69) is 0 Å². The molecule has 0 saturated carbocycles. The Labute approximate surface area is 178 Å². The number of aliphatic hydroxyl groups is 1. The predicted molar refractivity (Wildman–Crippen MR) is 112 cm³/mol. The van der Waals surface area contributed by atoms with E-state index < -0.39 is 28.4 Å². The summed E-state index contributed by atoms with van der Waals surface area (Å²) in [5, 5.41) is 21.9. The third-order valence-corrected chi connectivity index (χ3v) is 5.08. The van der Waals surface area contributed by atoms with Gasteiger partial charge in [0.1, 0.15) is 5.76 Å². The zero-order chi connectivity index (χ0) is 22.7. The Hall–Kier alpha value is -3.88. The molecule has 1 saturated heterocycles. The van der Waals surface area contributed by atoms with E-state index in [9.17, 15) is 24.8 Å². The summed E-state index contributed by atoms with van der Waals surface area (Å²) in [6, 6.07) is 9.29. The van der Waals surface area contributed by atoms with Crippen LogP contribution in [0.3, 0.4) is 0 Å². The van der Waals surface area contributed by atoms with Crippen LogP contribution in [0.5, 0.6) is 11.5 Å². The van der Waals surface area contributed by atoms with Gasteiger partial charge >= 0.3 is 0 Å². The number of nitro groups is 1. The number of non-ortho nitro benzene ring substituents is 1. The van der Waals surface area contributed by atoms with E-state index in [4.69, 9.17) is 9.47 Å². The van der Waals surface area contributed by atoms with Gasteiger partial charge in [-0.05, 0) is 24.6 Å². The number of rotatable bonds is 7. The highest BCUT2D eigenvalue weighted by Crippen LogP contribution is 2.45. The van der Waals surface area contributed by atoms with Gasteiger partial charge in [-0.15, -0.1) is 0 Å². The first-order valence-corrected chi connectivity index (χ1v) is 9.59. The van der Waals surface area contributed by atoms with Crippen molar-refractivity contribution in [2.75, 3.05) is 20.8 Å². The molecule has 2 aromatic carbocycles. The molecule has 31 heavy (non-hydrogen) atoms. The molecule has 162 valence electrons. The topological polar surface area (TPSA) is 119 Å². The molecule has 0 radical (unpaired) electrons. The van der Waals surface area contributed by atoms with Crippen LogP contribution in [-0.2, 0) is 9.59 Å². The lowest BCUT2D eigenvalue weighted by Gasteiger charge is -2.26. The highest BCUT2D eigenvalue weighted by Gasteiger charge is 2.47. The summed E-state index contributed by atoms with van der Waals surface area (Å²) in [5.74, 6) is -1.23. The van der Waals surface area contributed by atoms with Crippen LogP contribution in [0.4, 0.5) is 5.69 Å². The smallest absolute Gasteiger partial charge is 0.295 e. The Morgan fingerprint density at radius 3 is 2.35 bits per heavy atom. The minimum atomic E-state index is -0.903. The summed E-state index contributed by atoms with van der Waals surface area (Å²) in [6.07, 6.45) is 0.591. The summed E-state index contributed by atoms with van der Waals surface area (Å²) in [6.45, 7) is 2.15. The van der Waals surface area contributed by atoms with Crippen molar-refractivity contribution in [2.24, 2.45) is 0 Å². The second kappa shape index (κ2) is 8.86. The van der Waals surface area contributed by atoms with Crippen molar-refractivity contribution in [3.8, 4) is 11.5 Å². The maximum absolute atomic E-state index is 12.9. The van der Waals surface area contributed by atoms with Crippen LogP contribution in [0.1, 0.15) is 30.5 Å². The number of hydrogen-bond donors (Lipinski definition) is 1. The number of nitrogens with zero attached hydrogens (tertiary/aromatic N) is 2. The van der Waals surface area contributed by atoms with Crippen molar-refractivity contribution in [2.45, 2.75) is 19.4 Å². The number of likely N-dealkylation sites (tertiary alicyclic amines) is 1. The molecule has 1 atom stereocenters. The van der Waals surface area contributed by atoms with Gasteiger partial charge in [0, 0.05) is 29.8 Å². The fraction of sp³-hybridized carbons (Fsp3) is 0.273. The lowest BCUT2D eigenvalue weighted by Crippen LogP contribution is -2.30. The van der Waals surface area contributed by atoms with Gasteiger partial charge in [0.25, 0.3) is 17.4 Å². The van der Waals surface area contributed by atoms with Crippen LogP contribution in [0, 0.1) is 10.1 Å². The fourth-order valence-corrected chi connectivity index (χ4v) is 3.70. The maximum Gasteiger partial charge on any atom is 0.295 e. The number of carbonyl (C=O) groups is 2. The number of ketones is 1. The fourth-order valence-electron chi connectivity index (χ4n) is 3.70. The number of para-hydroxylation sites is 1. The number of Topliss-reactive ketones (excluding diaryl/α,β-unsaturated/α-hetero) is 1. The van der Waals surface area contributed by atoms with E-state index in [0.29, 0.717) is 23.5 Å². The Morgan fingerprint density at radius 1 is 1.13 bits per heavy atom. The number of methoxy groups -OCH3 is 2. The number of carbonyl (C=O) groups excluding carboxylic acids is 2. The molecule has 3 rings (SSSR count). The molecule has 0 aromatic heterocycles. The summed E-state index contributed by atoms with van der Waals surface area (Å²) in [7, 11) is 2.92. The molecule has 1 aliphatic rings. The summed E-state index contributed by atoms with van der Waals surface area (Å²) < 4.78 is 10.8. The van der Waals surface area contributed by atoms with Gasteiger partial charge in [0.15, 0.2) is 11.5 Å². The lowest BCUT2D eigenvalue weighted by molar-refractivity contribution is -0.384. The Kier molecular flexibility index (Phi) is 6.24. The van der Waals surface area contributed by atoms with Crippen molar-refractivity contribution in [1.29, 1.82) is 0 Å². The molecule has 1 fully saturated rings. The van der Waals surface area contributed by atoms with Crippen molar-refractivity contribution in [1.82, 2.24) is 4.90 Å². The van der Waals surface area contributed by atoms with Gasteiger partial charge < -0.3 is 19.5 Å². The molecule has 2 aromatic rings. The normalized spacial score (nSPS) is 17.6. The minimum Gasteiger partial charge on any atom is -0.507 e. The average molecular weight is 426 g/mol. The molecule has 0 spiro atoms. The van der Waals surface area contributed by atoms with E-state index in [-0.39, 0.29) is 23.4 Å². The Morgan fingerprint density at radius 2 is 1.81 bits per heavy atom. The summed E-state index contributed by atoms with van der Waals surface area (Å²) >= 11 is 0. The van der Waals surface area contributed by atoms with Crippen LogP contribution in [0.2, 0.25) is 0 Å². The molecule has 9 nitrogen and oxygen atoms in total. The zero-order valence-electron chi connectivity index (χ0n) is 17.3. The second-order valence-electron chi connectivity index (χ2n) is 6.88. The zero-order valence-corrected chi connectivity index (χ0v) is 17.3. The maximum atomic E-state index is 12.9. The van der Waals surface area contributed by atoms with Gasteiger partial charge in [-0.25, -0.2) is 0 Å². The first-order valence-electron chi connectivity index (χ1n) is 9.59. The number of aliphatic hydroxyl groups excluding tert-OH is 1. The van der Waals surface area contributed by atoms with Crippen LogP contribution in [0.25, 0.3) is 5.76 Å². The van der Waals surface area contributed by atoms with Crippen LogP contribution in [-0.4, -0.2) is 47.4 Å². The first-order chi connectivity index (χ1) is 14.8. The van der Waals surface area contributed by atoms with Crippen molar-refractivity contribution >= 4 is 23.1 Å². The van der Waals surface area contributed by atoms with Crippen molar-refractivity contribution in [3.05, 3.63) is 69.3 Å². The standard InChI is InChI=1S/C22H22N2O7/c1-4-12-23-18(15-6-5-7-16(30-2)21(15)31-3)17(20(26)22(23)27)19(25)13-8-10-14(11-9-13)24(28)29/h5-11,18,25H,4,12H2,1-3H3/b19-17+. The molecular weight excluding hydrogens is 404 g/mol. The van der Waals surface area contributed by atoms with Gasteiger partial charge in [-0.1, -0.05) is 19.1 Å². The van der Waals surface area contributed by atoms with E-state index in [1.54, 1.807) is 18.2 Å². The number of hydrogen-bond acceptors (Lipinski definition) is 7. The molecule has 1 heterocycles. The molecule has 1 unspecified atom stereocenters. The number of nitro benzene ring substituents is 1. The van der Waals surface area contributed by atoms with Crippen LogP contribution >= 0.6 is 0 Å². The van der Waals surface area contributed by atoms with Gasteiger partial charge in [0.2, 0.25) is 0 Å². The van der Waals surface area contributed by atoms with Gasteiger partial charge in [0.05, 0.1) is 30.8 Å². The Bertz CT molecular complexity index is 1060. The van der Waals surface area contributed by atoms with Crippen LogP contribution < -0.4 is 9.47 Å². The minimum absolute atomic E-state index is 0.112. The summed E-state index contributed by atoms with van der Waals surface area (Å²) in [5.41, 5.74) is 0.401. The monoisotopic (exact) mass is 426 g/mol. The molecule has 1 amide bonds. The van der Waals surface area contributed by atoms with E-state index in [0.717, 1.165) is 0 Å². The van der Waals surface area contributed by atoms with Gasteiger partial charge in [-0.2, -0.15) is 0 Å². The summed E-state index contributed by atoms with van der Waals surface area (Å²) in [4.78, 5) is 37.5. The predicted octanol–water partition coefficient (Wildman–Crippen LogP) is 3.44. The molecule has 9 heteroatoms. The number of amides is 1. The van der Waals surface area contributed by atoms with E-state index in [1.807, 2.05) is 6.92 Å². The highest BCUT2D eigenvalue weighted by atomic mass is 16.6. The molecule has 0 bridgehead atoms. The third kappa shape index (κ3) is 3.81. The molecule has 1 aliphatic heterocycles. The third-order valence-electron chi connectivity index (χ3n) is 5.08. The van der Waals surface area contributed by atoms with Crippen LogP contribution in [0.15, 0.2) is 48.0 Å². The quantitative estimate of drug-likeness (QED) is 0.237. The largest absolute Gasteiger partial charge is 0.507 e. The first kappa shape index (κ1) is 21.8. The molecular formula is C22H22N2O7. The number of ether oxygens (including phenoxy) is 2. The molecule has 0 aliphatic carbocycles. The lowest BCUT2D eigenvalue weighted by atomic mass is 9.94. The number of benzene rings is 2. The van der Waals surface area contributed by atoms with E-state index >= 15 is 0 Å². The van der Waals surface area contributed by atoms with Crippen molar-refractivity contribution in [3.63, 3.8) is 0 Å². The van der Waals surface area contributed by atoms with Gasteiger partial charge in [-0.3, -0.25) is 19.7 Å². The van der Waals surface area contributed by atoms with Crippen molar-refractivity contribution < 1.29 is 29.1 Å².